The number of carboxylic acids is 3. The number of ketones is 1. The van der Waals surface area contributed by atoms with Gasteiger partial charge in [-0.3, -0.25) is 14.4 Å². The fraction of sp³-hybridized carbons (Fsp3) is 0.581. The number of amides is 1. The van der Waals surface area contributed by atoms with Crippen molar-refractivity contribution in [3.8, 4) is 0 Å². The first kappa shape index (κ1) is 36.8. The minimum Gasteiger partial charge on any atom is -0.481 e. The third-order valence-corrected chi connectivity index (χ3v) is 7.27. The number of hydrogen-bond acceptors (Lipinski definition) is 6. The summed E-state index contributed by atoms with van der Waals surface area (Å²) in [6.07, 6.45) is 11.3. The van der Waals surface area contributed by atoms with Crippen molar-refractivity contribution in [2.75, 3.05) is 0 Å². The zero-order valence-electron chi connectivity index (χ0n) is 24.2. The second kappa shape index (κ2) is 19.8. The van der Waals surface area contributed by atoms with Crippen LogP contribution in [-0.4, -0.2) is 61.7 Å². The lowest BCUT2D eigenvalue weighted by atomic mass is 9.82. The highest BCUT2D eigenvalue weighted by Crippen LogP contribution is 2.26. The zero-order chi connectivity index (χ0) is 31.5. The Hall–Kier alpha value is -3.24. The topological polar surface area (TPSA) is 178 Å². The summed E-state index contributed by atoms with van der Waals surface area (Å²) in [5.74, 6) is -7.69. The number of hydrogen-bond donors (Lipinski definition) is 5. The monoisotopic (exact) mass is 609 g/mol. The van der Waals surface area contributed by atoms with E-state index in [-0.39, 0.29) is 12.2 Å². The minimum atomic E-state index is -3.01. The number of rotatable bonds is 23. The van der Waals surface area contributed by atoms with Gasteiger partial charge < -0.3 is 25.7 Å². The van der Waals surface area contributed by atoms with Gasteiger partial charge in [-0.05, 0) is 43.4 Å². The second-order valence-electron chi connectivity index (χ2n) is 10.6. The first-order valence-electron chi connectivity index (χ1n) is 14.5. The van der Waals surface area contributed by atoms with Crippen LogP contribution in [0.4, 0.5) is 0 Å². The molecule has 0 saturated heterocycles. The number of allylic oxidation sites excluding steroid dienone is 1. The first-order valence-corrected chi connectivity index (χ1v) is 14.9. The fourth-order valence-corrected chi connectivity index (χ4v) is 4.68. The number of benzene rings is 1. The van der Waals surface area contributed by atoms with Crippen LogP contribution >= 0.6 is 11.6 Å². The van der Waals surface area contributed by atoms with E-state index in [9.17, 15) is 44.4 Å². The van der Waals surface area contributed by atoms with Gasteiger partial charge in [0.05, 0.1) is 12.3 Å². The summed E-state index contributed by atoms with van der Waals surface area (Å²) in [6, 6.07) is 4.77. The maximum Gasteiger partial charge on any atom is 0.337 e. The van der Waals surface area contributed by atoms with E-state index in [0.717, 1.165) is 51.0 Å². The second-order valence-corrected chi connectivity index (χ2v) is 11.0. The Bertz CT molecular complexity index is 1060. The van der Waals surface area contributed by atoms with Crippen molar-refractivity contribution in [3.63, 3.8) is 0 Å². The molecule has 0 bridgehead atoms. The minimum absolute atomic E-state index is 0.152. The molecule has 11 heteroatoms. The Labute approximate surface area is 252 Å². The highest BCUT2D eigenvalue weighted by molar-refractivity contribution is 6.30. The molecule has 0 aromatic heterocycles. The van der Waals surface area contributed by atoms with Gasteiger partial charge in [0, 0.05) is 24.3 Å². The summed E-state index contributed by atoms with van der Waals surface area (Å²) >= 11 is 5.86. The molecule has 1 rings (SSSR count). The smallest absolute Gasteiger partial charge is 0.337 e. The number of aliphatic carboxylic acids is 3. The molecule has 0 saturated carbocycles. The van der Waals surface area contributed by atoms with E-state index in [1.807, 2.05) is 0 Å². The Morgan fingerprint density at radius 2 is 1.45 bits per heavy atom. The van der Waals surface area contributed by atoms with Crippen LogP contribution < -0.4 is 5.32 Å². The SMILES string of the molecule is CCCCCCCC(=O)CCCCCC/C=C/C(C(=O)NC(Cc1ccc(Cl)cc1)C(=O)O)C(O)(CC(=O)O)C(=O)O. The van der Waals surface area contributed by atoms with Crippen molar-refractivity contribution in [1.82, 2.24) is 5.32 Å². The van der Waals surface area contributed by atoms with Gasteiger partial charge in [0.25, 0.3) is 0 Å². The number of carbonyl (C=O) groups excluding carboxylic acids is 2. The van der Waals surface area contributed by atoms with Crippen molar-refractivity contribution < 1.29 is 44.4 Å². The molecule has 5 N–H and O–H groups in total. The Morgan fingerprint density at radius 3 is 1.98 bits per heavy atom. The van der Waals surface area contributed by atoms with E-state index in [2.05, 4.69) is 12.2 Å². The summed E-state index contributed by atoms with van der Waals surface area (Å²) < 4.78 is 0. The van der Waals surface area contributed by atoms with E-state index in [1.165, 1.54) is 12.5 Å². The molecule has 1 aromatic rings. The van der Waals surface area contributed by atoms with Gasteiger partial charge in [-0.1, -0.05) is 81.3 Å². The van der Waals surface area contributed by atoms with E-state index in [0.29, 0.717) is 36.3 Å². The van der Waals surface area contributed by atoms with Crippen molar-refractivity contribution in [3.05, 3.63) is 47.0 Å². The number of carboxylic acid groups (broad SMARTS) is 3. The molecule has 0 aliphatic heterocycles. The standard InChI is InChI=1S/C31H44ClNO9/c1-2-3-4-7-10-13-24(34)14-11-8-5-6-9-12-15-25(31(42,30(40)41)21-27(35)36)28(37)33-26(29(38)39)20-22-16-18-23(32)19-17-22/h12,15-19,25-26,42H,2-11,13-14,20-21H2,1H3,(H,33,37)(H,35,36)(H,38,39)(H,40,41)/b15-12+. The van der Waals surface area contributed by atoms with Crippen LogP contribution in [0.15, 0.2) is 36.4 Å². The van der Waals surface area contributed by atoms with Crippen LogP contribution in [-0.2, 0) is 30.4 Å². The molecule has 42 heavy (non-hydrogen) atoms. The molecule has 0 fully saturated rings. The average molecular weight is 610 g/mol. The van der Waals surface area contributed by atoms with Crippen LogP contribution in [0.25, 0.3) is 0 Å². The van der Waals surface area contributed by atoms with Crippen LogP contribution in [0.1, 0.15) is 96.0 Å². The highest BCUT2D eigenvalue weighted by atomic mass is 35.5. The maximum atomic E-state index is 13.1. The van der Waals surface area contributed by atoms with Crippen LogP contribution in [0.3, 0.4) is 0 Å². The number of aliphatic hydroxyl groups is 1. The lowest BCUT2D eigenvalue weighted by Gasteiger charge is -2.29. The van der Waals surface area contributed by atoms with Gasteiger partial charge in [-0.2, -0.15) is 0 Å². The third-order valence-electron chi connectivity index (χ3n) is 7.02. The predicted molar refractivity (Wildman–Crippen MR) is 158 cm³/mol. The van der Waals surface area contributed by atoms with E-state index in [1.54, 1.807) is 24.3 Å². The largest absolute Gasteiger partial charge is 0.481 e. The molecule has 0 heterocycles. The van der Waals surface area contributed by atoms with E-state index >= 15 is 0 Å². The van der Waals surface area contributed by atoms with Gasteiger partial charge in [0.1, 0.15) is 11.8 Å². The van der Waals surface area contributed by atoms with Gasteiger partial charge in [-0.25, -0.2) is 9.59 Å². The van der Waals surface area contributed by atoms with Gasteiger partial charge in [-0.15, -0.1) is 0 Å². The lowest BCUT2D eigenvalue weighted by Crippen LogP contribution is -2.55. The summed E-state index contributed by atoms with van der Waals surface area (Å²) in [5, 5.41) is 42.0. The maximum absolute atomic E-state index is 13.1. The summed E-state index contributed by atoms with van der Waals surface area (Å²) in [4.78, 5) is 60.3. The lowest BCUT2D eigenvalue weighted by molar-refractivity contribution is -0.172. The summed E-state index contributed by atoms with van der Waals surface area (Å²) in [6.45, 7) is 2.15. The molecule has 0 aliphatic rings. The van der Waals surface area contributed by atoms with Crippen LogP contribution in [0, 0.1) is 5.92 Å². The quantitative estimate of drug-likeness (QED) is 0.0825. The first-order chi connectivity index (χ1) is 19.9. The van der Waals surface area contributed by atoms with Crippen molar-refractivity contribution in [1.29, 1.82) is 0 Å². The molecule has 0 radical (unpaired) electrons. The Balaban J connectivity index is 2.77. The molecule has 234 valence electrons. The number of halogens is 1. The molecular weight excluding hydrogens is 566 g/mol. The molecule has 3 unspecified atom stereocenters. The predicted octanol–water partition coefficient (Wildman–Crippen LogP) is 5.18. The molecular formula is C31H44ClNO9. The zero-order valence-corrected chi connectivity index (χ0v) is 25.0. The third kappa shape index (κ3) is 14.1. The van der Waals surface area contributed by atoms with Crippen LogP contribution in [0.2, 0.25) is 5.02 Å². The van der Waals surface area contributed by atoms with E-state index < -0.39 is 47.8 Å². The summed E-state index contributed by atoms with van der Waals surface area (Å²) in [7, 11) is 0. The number of unbranched alkanes of at least 4 members (excludes halogenated alkanes) is 8. The highest BCUT2D eigenvalue weighted by Gasteiger charge is 2.49. The molecule has 1 amide bonds. The van der Waals surface area contributed by atoms with Gasteiger partial charge >= 0.3 is 17.9 Å². The van der Waals surface area contributed by atoms with Crippen molar-refractivity contribution in [2.24, 2.45) is 5.92 Å². The molecule has 0 spiro atoms. The van der Waals surface area contributed by atoms with Crippen molar-refractivity contribution >= 4 is 41.2 Å². The summed E-state index contributed by atoms with van der Waals surface area (Å²) in [5.41, 5.74) is -2.47. The average Bonchev–Trinajstić information content (AvgIpc) is 2.92. The molecule has 0 aliphatic carbocycles. The van der Waals surface area contributed by atoms with E-state index in [4.69, 9.17) is 11.6 Å². The van der Waals surface area contributed by atoms with Gasteiger partial charge in [0.15, 0.2) is 5.60 Å². The Morgan fingerprint density at radius 1 is 0.881 bits per heavy atom. The number of carbonyl (C=O) groups is 5. The molecule has 3 atom stereocenters. The fourth-order valence-electron chi connectivity index (χ4n) is 4.55. The molecule has 1 aromatic carbocycles. The number of Topliss-reactive ketones (excluding diaryl/α,β-unsaturated/α-hetero) is 1. The van der Waals surface area contributed by atoms with Crippen molar-refractivity contribution in [2.45, 2.75) is 108 Å². The Kier molecular flexibility index (Phi) is 17.3. The van der Waals surface area contributed by atoms with Crippen LogP contribution in [0.5, 0.6) is 0 Å². The van der Waals surface area contributed by atoms with Gasteiger partial charge in [0.2, 0.25) is 5.91 Å². The molecule has 10 nitrogen and oxygen atoms in total. The number of nitrogens with one attached hydrogen (secondary N) is 1. The normalized spacial score (nSPS) is 14.2.